The summed E-state index contributed by atoms with van der Waals surface area (Å²) >= 11 is 0. The lowest BCUT2D eigenvalue weighted by molar-refractivity contribution is 0.263. The van der Waals surface area contributed by atoms with Gasteiger partial charge in [0.15, 0.2) is 0 Å². The first-order valence-electron chi connectivity index (χ1n) is 8.24. The van der Waals surface area contributed by atoms with Crippen LogP contribution in [0.3, 0.4) is 0 Å². The molecule has 0 saturated heterocycles. The Balaban J connectivity index is 2.07. The number of nitrogens with zero attached hydrogens (tertiary/aromatic N) is 2. The molecule has 2 rings (SSSR count). The van der Waals surface area contributed by atoms with Crippen molar-refractivity contribution in [1.29, 1.82) is 0 Å². The third-order valence-electron chi connectivity index (χ3n) is 4.58. The second-order valence-electron chi connectivity index (χ2n) is 7.04. The summed E-state index contributed by atoms with van der Waals surface area (Å²) in [5.41, 5.74) is 3.98. The molecule has 0 radical (unpaired) electrons. The van der Waals surface area contributed by atoms with Crippen LogP contribution in [0.4, 0.5) is 0 Å². The molecule has 2 atom stereocenters. The van der Waals surface area contributed by atoms with E-state index in [1.807, 2.05) is 0 Å². The highest BCUT2D eigenvalue weighted by atomic mass is 15.3. The van der Waals surface area contributed by atoms with E-state index in [0.29, 0.717) is 12.0 Å². The minimum absolute atomic E-state index is 0.622. The van der Waals surface area contributed by atoms with Crippen LogP contribution >= 0.6 is 0 Å². The lowest BCUT2D eigenvalue weighted by Crippen LogP contribution is -2.21. The van der Waals surface area contributed by atoms with Gasteiger partial charge in [0.25, 0.3) is 0 Å². The van der Waals surface area contributed by atoms with E-state index in [1.54, 1.807) is 0 Å². The van der Waals surface area contributed by atoms with Crippen molar-refractivity contribution in [2.75, 3.05) is 6.54 Å². The molecule has 0 spiro atoms. The van der Waals surface area contributed by atoms with Crippen molar-refractivity contribution >= 4 is 0 Å². The van der Waals surface area contributed by atoms with Gasteiger partial charge in [-0.05, 0) is 45.1 Å². The number of hydrogen-bond donors (Lipinski definition) is 1. The number of aromatic nitrogens is 2. The summed E-state index contributed by atoms with van der Waals surface area (Å²) in [6.07, 6.45) is 5.33. The molecule has 20 heavy (non-hydrogen) atoms. The quantitative estimate of drug-likeness (QED) is 0.881. The fourth-order valence-electron chi connectivity index (χ4n) is 3.42. The van der Waals surface area contributed by atoms with Crippen molar-refractivity contribution in [3.8, 4) is 0 Å². The van der Waals surface area contributed by atoms with E-state index in [0.717, 1.165) is 19.0 Å². The van der Waals surface area contributed by atoms with Crippen molar-refractivity contribution in [3.63, 3.8) is 0 Å². The Bertz CT molecular complexity index is 434. The fraction of sp³-hybridized carbons (Fsp3) is 0.824. The molecule has 1 saturated carbocycles. The molecule has 1 aliphatic carbocycles. The Kier molecular flexibility index (Phi) is 5.25. The fourth-order valence-corrected chi connectivity index (χ4v) is 3.42. The van der Waals surface area contributed by atoms with Crippen molar-refractivity contribution in [1.82, 2.24) is 15.1 Å². The number of aryl methyl sites for hydroxylation is 1. The molecule has 1 N–H and O–H groups in total. The Morgan fingerprint density at radius 3 is 2.70 bits per heavy atom. The Labute approximate surface area is 124 Å². The summed E-state index contributed by atoms with van der Waals surface area (Å²) in [5, 5.41) is 8.40. The number of nitrogens with one attached hydrogen (secondary N) is 1. The highest BCUT2D eigenvalue weighted by Crippen LogP contribution is 2.33. The van der Waals surface area contributed by atoms with Crippen LogP contribution in [0.1, 0.15) is 69.4 Å². The minimum atomic E-state index is 0.622. The Hall–Kier alpha value is -0.830. The van der Waals surface area contributed by atoms with Gasteiger partial charge in [0, 0.05) is 17.8 Å². The van der Waals surface area contributed by atoms with Crippen LogP contribution in [-0.4, -0.2) is 16.3 Å². The van der Waals surface area contributed by atoms with Crippen LogP contribution in [0.25, 0.3) is 0 Å². The minimum Gasteiger partial charge on any atom is -0.312 e. The van der Waals surface area contributed by atoms with Gasteiger partial charge in [-0.2, -0.15) is 5.10 Å². The van der Waals surface area contributed by atoms with Crippen LogP contribution in [-0.2, 0) is 6.54 Å². The molecule has 0 aromatic carbocycles. The SMILES string of the molecule is Cc1nn(C2CCCC(C)C2)c(C)c1CNCC(C)C. The lowest BCUT2D eigenvalue weighted by Gasteiger charge is -2.28. The first-order valence-corrected chi connectivity index (χ1v) is 8.24. The van der Waals surface area contributed by atoms with E-state index in [9.17, 15) is 0 Å². The summed E-state index contributed by atoms with van der Waals surface area (Å²) in [6, 6.07) is 0.622. The summed E-state index contributed by atoms with van der Waals surface area (Å²) in [6.45, 7) is 13.3. The zero-order valence-electron chi connectivity index (χ0n) is 13.9. The molecule has 0 bridgehead atoms. The van der Waals surface area contributed by atoms with Crippen LogP contribution in [0.5, 0.6) is 0 Å². The first kappa shape index (κ1) is 15.6. The third kappa shape index (κ3) is 3.63. The molecular weight excluding hydrogens is 246 g/mol. The maximum Gasteiger partial charge on any atom is 0.0641 e. The van der Waals surface area contributed by atoms with E-state index < -0.39 is 0 Å². The Morgan fingerprint density at radius 1 is 1.30 bits per heavy atom. The molecule has 1 aromatic heterocycles. The highest BCUT2D eigenvalue weighted by Gasteiger charge is 2.23. The molecular formula is C17H31N3. The van der Waals surface area contributed by atoms with Crippen molar-refractivity contribution < 1.29 is 0 Å². The topological polar surface area (TPSA) is 29.9 Å². The standard InChI is InChI=1S/C17H31N3/c1-12(2)10-18-11-17-14(4)19-20(15(17)5)16-8-6-7-13(3)9-16/h12-13,16,18H,6-11H2,1-5H3. The van der Waals surface area contributed by atoms with Gasteiger partial charge < -0.3 is 5.32 Å². The van der Waals surface area contributed by atoms with Gasteiger partial charge in [0.05, 0.1) is 11.7 Å². The smallest absolute Gasteiger partial charge is 0.0641 e. The largest absolute Gasteiger partial charge is 0.312 e. The van der Waals surface area contributed by atoms with Crippen LogP contribution in [0, 0.1) is 25.7 Å². The lowest BCUT2D eigenvalue weighted by atomic mass is 9.87. The molecule has 1 aromatic rings. The second-order valence-corrected chi connectivity index (χ2v) is 7.04. The highest BCUT2D eigenvalue weighted by molar-refractivity contribution is 5.25. The molecule has 0 aliphatic heterocycles. The van der Waals surface area contributed by atoms with Gasteiger partial charge >= 0.3 is 0 Å². The number of hydrogen-bond acceptors (Lipinski definition) is 2. The predicted molar refractivity (Wildman–Crippen MR) is 84.9 cm³/mol. The monoisotopic (exact) mass is 277 g/mol. The maximum absolute atomic E-state index is 4.84. The molecule has 3 heteroatoms. The normalized spacial score (nSPS) is 23.5. The number of rotatable bonds is 5. The molecule has 1 fully saturated rings. The average Bonchev–Trinajstić information content (AvgIpc) is 2.66. The molecule has 114 valence electrons. The molecule has 0 amide bonds. The van der Waals surface area contributed by atoms with E-state index in [2.05, 4.69) is 44.6 Å². The van der Waals surface area contributed by atoms with Gasteiger partial charge in [0.2, 0.25) is 0 Å². The van der Waals surface area contributed by atoms with Gasteiger partial charge in [-0.15, -0.1) is 0 Å². The summed E-state index contributed by atoms with van der Waals surface area (Å²) in [4.78, 5) is 0. The van der Waals surface area contributed by atoms with Gasteiger partial charge in [-0.25, -0.2) is 0 Å². The van der Waals surface area contributed by atoms with Crippen molar-refractivity contribution in [3.05, 3.63) is 17.0 Å². The average molecular weight is 277 g/mol. The Morgan fingerprint density at radius 2 is 2.05 bits per heavy atom. The van der Waals surface area contributed by atoms with E-state index in [4.69, 9.17) is 5.10 Å². The van der Waals surface area contributed by atoms with E-state index in [1.165, 1.54) is 42.6 Å². The summed E-state index contributed by atoms with van der Waals surface area (Å²) in [5.74, 6) is 1.55. The summed E-state index contributed by atoms with van der Waals surface area (Å²) in [7, 11) is 0. The summed E-state index contributed by atoms with van der Waals surface area (Å²) < 4.78 is 2.32. The maximum atomic E-state index is 4.84. The molecule has 1 heterocycles. The van der Waals surface area contributed by atoms with Crippen molar-refractivity contribution in [2.45, 2.75) is 72.9 Å². The predicted octanol–water partition coefficient (Wildman–Crippen LogP) is 4.00. The van der Waals surface area contributed by atoms with Gasteiger partial charge in [0.1, 0.15) is 0 Å². The van der Waals surface area contributed by atoms with Gasteiger partial charge in [-0.1, -0.05) is 33.6 Å². The van der Waals surface area contributed by atoms with E-state index in [-0.39, 0.29) is 0 Å². The van der Waals surface area contributed by atoms with E-state index >= 15 is 0 Å². The third-order valence-corrected chi connectivity index (χ3v) is 4.58. The zero-order chi connectivity index (χ0) is 14.7. The molecule has 1 aliphatic rings. The zero-order valence-corrected chi connectivity index (χ0v) is 13.9. The van der Waals surface area contributed by atoms with Crippen LogP contribution in [0.15, 0.2) is 0 Å². The van der Waals surface area contributed by atoms with Crippen LogP contribution < -0.4 is 5.32 Å². The van der Waals surface area contributed by atoms with Gasteiger partial charge in [-0.3, -0.25) is 4.68 Å². The molecule has 3 nitrogen and oxygen atoms in total. The van der Waals surface area contributed by atoms with Crippen molar-refractivity contribution in [2.24, 2.45) is 11.8 Å². The first-order chi connectivity index (χ1) is 9.49. The van der Waals surface area contributed by atoms with Crippen LogP contribution in [0.2, 0.25) is 0 Å². The second kappa shape index (κ2) is 6.75. The molecule has 2 unspecified atom stereocenters.